The van der Waals surface area contributed by atoms with Crippen molar-refractivity contribution in [2.75, 3.05) is 27.2 Å². The normalized spacial score (nSPS) is 22.1. The smallest absolute Gasteiger partial charge is 0.135 e. The van der Waals surface area contributed by atoms with Gasteiger partial charge in [0.2, 0.25) is 0 Å². The van der Waals surface area contributed by atoms with Gasteiger partial charge in [-0.2, -0.15) is 0 Å². The van der Waals surface area contributed by atoms with Crippen LogP contribution in [0.25, 0.3) is 11.3 Å². The Morgan fingerprint density at radius 2 is 2.04 bits per heavy atom. The summed E-state index contributed by atoms with van der Waals surface area (Å²) in [4.78, 5) is 4.51. The summed E-state index contributed by atoms with van der Waals surface area (Å²) in [7, 11) is 4.18. The summed E-state index contributed by atoms with van der Waals surface area (Å²) in [6, 6.07) is 12.3. The molecule has 0 radical (unpaired) electrons. The highest BCUT2D eigenvalue weighted by Gasteiger charge is 2.33. The van der Waals surface area contributed by atoms with Gasteiger partial charge in [-0.05, 0) is 44.8 Å². The van der Waals surface area contributed by atoms with E-state index in [0.29, 0.717) is 17.6 Å². The summed E-state index contributed by atoms with van der Waals surface area (Å²) in [6.45, 7) is 1.84. The van der Waals surface area contributed by atoms with Crippen molar-refractivity contribution in [1.82, 2.24) is 9.80 Å². The molecule has 1 aliphatic rings. The van der Waals surface area contributed by atoms with Gasteiger partial charge < -0.3 is 14.4 Å². The van der Waals surface area contributed by atoms with Crippen LogP contribution >= 0.6 is 11.6 Å². The van der Waals surface area contributed by atoms with Gasteiger partial charge in [0.25, 0.3) is 0 Å². The number of hydrogen-bond acceptors (Lipinski definition) is 4. The first kappa shape index (κ1) is 16.5. The number of hydrogen-bond donors (Lipinski definition) is 1. The molecule has 2 atom stereocenters. The van der Waals surface area contributed by atoms with Gasteiger partial charge in [0.1, 0.15) is 11.5 Å². The SMILES string of the molecule is CN(C)[C@@H]1C[C@@H](CO)N(Cc2ccc(-c3ccccc3Cl)o2)C1. The van der Waals surface area contributed by atoms with E-state index < -0.39 is 0 Å². The molecule has 0 saturated carbocycles. The van der Waals surface area contributed by atoms with Crippen LogP contribution in [0.15, 0.2) is 40.8 Å². The first-order chi connectivity index (χ1) is 11.1. The lowest BCUT2D eigenvalue weighted by atomic mass is 10.1. The summed E-state index contributed by atoms with van der Waals surface area (Å²) in [5.41, 5.74) is 0.909. The Bertz CT molecular complexity index is 656. The van der Waals surface area contributed by atoms with Gasteiger partial charge in [-0.25, -0.2) is 0 Å². The highest BCUT2D eigenvalue weighted by molar-refractivity contribution is 6.33. The van der Waals surface area contributed by atoms with Crippen molar-refractivity contribution in [3.8, 4) is 11.3 Å². The standard InChI is InChI=1S/C18H23ClN2O2/c1-20(2)13-9-14(12-22)21(10-13)11-15-7-8-18(23-15)16-5-3-4-6-17(16)19/h3-8,13-14,22H,9-12H2,1-2H3/t13-,14+/m1/s1. The molecule has 0 aliphatic carbocycles. The first-order valence-electron chi connectivity index (χ1n) is 7.93. The molecule has 1 aromatic carbocycles. The molecule has 0 amide bonds. The van der Waals surface area contributed by atoms with Crippen LogP contribution in [0.5, 0.6) is 0 Å². The Balaban J connectivity index is 1.73. The van der Waals surface area contributed by atoms with E-state index in [4.69, 9.17) is 16.0 Å². The maximum absolute atomic E-state index is 9.63. The molecule has 1 N–H and O–H groups in total. The number of aliphatic hydroxyl groups excluding tert-OH is 1. The first-order valence-corrected chi connectivity index (χ1v) is 8.31. The number of aliphatic hydroxyl groups is 1. The van der Waals surface area contributed by atoms with Crippen molar-refractivity contribution in [2.45, 2.75) is 25.0 Å². The number of furan rings is 1. The van der Waals surface area contributed by atoms with E-state index in [-0.39, 0.29) is 12.6 Å². The van der Waals surface area contributed by atoms with Gasteiger partial charge in [0, 0.05) is 24.2 Å². The number of benzene rings is 1. The van der Waals surface area contributed by atoms with Crippen LogP contribution in [0, 0.1) is 0 Å². The zero-order valence-electron chi connectivity index (χ0n) is 13.6. The lowest BCUT2D eigenvalue weighted by Crippen LogP contribution is -2.33. The second-order valence-electron chi connectivity index (χ2n) is 6.36. The van der Waals surface area contributed by atoms with Gasteiger partial charge in [0.05, 0.1) is 18.2 Å². The molecule has 4 nitrogen and oxygen atoms in total. The van der Waals surface area contributed by atoms with Crippen LogP contribution in [-0.2, 0) is 6.54 Å². The number of likely N-dealkylation sites (tertiary alicyclic amines) is 1. The summed E-state index contributed by atoms with van der Waals surface area (Å²) in [6.07, 6.45) is 0.988. The maximum atomic E-state index is 9.63. The van der Waals surface area contributed by atoms with E-state index >= 15 is 0 Å². The molecule has 0 bridgehead atoms. The topological polar surface area (TPSA) is 39.9 Å². The molecule has 1 aromatic heterocycles. The highest BCUT2D eigenvalue weighted by atomic mass is 35.5. The minimum Gasteiger partial charge on any atom is -0.460 e. The van der Waals surface area contributed by atoms with Gasteiger partial charge in [-0.15, -0.1) is 0 Å². The summed E-state index contributed by atoms with van der Waals surface area (Å²) >= 11 is 6.23. The van der Waals surface area contributed by atoms with E-state index in [0.717, 1.165) is 30.0 Å². The third kappa shape index (κ3) is 3.61. The Morgan fingerprint density at radius 3 is 2.74 bits per heavy atom. The zero-order chi connectivity index (χ0) is 16.4. The van der Waals surface area contributed by atoms with Crippen molar-refractivity contribution in [2.24, 2.45) is 0 Å². The average Bonchev–Trinajstić information content (AvgIpc) is 3.15. The van der Waals surface area contributed by atoms with E-state index in [2.05, 4.69) is 23.9 Å². The van der Waals surface area contributed by atoms with Crippen molar-refractivity contribution in [1.29, 1.82) is 0 Å². The third-order valence-electron chi connectivity index (χ3n) is 4.61. The fourth-order valence-electron chi connectivity index (χ4n) is 3.18. The highest BCUT2D eigenvalue weighted by Crippen LogP contribution is 2.30. The van der Waals surface area contributed by atoms with Crippen molar-refractivity contribution < 1.29 is 9.52 Å². The predicted molar refractivity (Wildman–Crippen MR) is 92.5 cm³/mol. The summed E-state index contributed by atoms with van der Waals surface area (Å²) < 4.78 is 5.98. The second kappa shape index (κ2) is 7.05. The van der Waals surface area contributed by atoms with Crippen LogP contribution in [0.1, 0.15) is 12.2 Å². The molecule has 0 unspecified atom stereocenters. The minimum absolute atomic E-state index is 0.183. The van der Waals surface area contributed by atoms with E-state index in [9.17, 15) is 5.11 Å². The molecule has 0 spiro atoms. The number of rotatable bonds is 5. The van der Waals surface area contributed by atoms with Gasteiger partial charge in [-0.1, -0.05) is 23.7 Å². The van der Waals surface area contributed by atoms with Crippen LogP contribution in [0.4, 0.5) is 0 Å². The Morgan fingerprint density at radius 1 is 1.26 bits per heavy atom. The van der Waals surface area contributed by atoms with Gasteiger partial charge in [-0.3, -0.25) is 4.90 Å². The molecular weight excluding hydrogens is 312 g/mol. The molecule has 1 aliphatic heterocycles. The number of likely N-dealkylation sites (N-methyl/N-ethyl adjacent to an activating group) is 1. The Hall–Kier alpha value is -1.33. The predicted octanol–water partition coefficient (Wildman–Crippen LogP) is 3.10. The molecule has 2 aromatic rings. The molecule has 2 heterocycles. The Labute approximate surface area is 142 Å². The van der Waals surface area contributed by atoms with E-state index in [1.807, 2.05) is 36.4 Å². The zero-order valence-corrected chi connectivity index (χ0v) is 14.3. The summed E-state index contributed by atoms with van der Waals surface area (Å²) in [5.74, 6) is 1.69. The molecular formula is C18H23ClN2O2. The molecule has 5 heteroatoms. The minimum atomic E-state index is 0.183. The molecule has 124 valence electrons. The fraction of sp³-hybridized carbons (Fsp3) is 0.444. The van der Waals surface area contributed by atoms with Gasteiger partial charge in [0.15, 0.2) is 0 Å². The average molecular weight is 335 g/mol. The second-order valence-corrected chi connectivity index (χ2v) is 6.77. The van der Waals surface area contributed by atoms with Crippen molar-refractivity contribution in [3.63, 3.8) is 0 Å². The lowest BCUT2D eigenvalue weighted by Gasteiger charge is -2.21. The number of nitrogens with zero attached hydrogens (tertiary/aromatic N) is 2. The summed E-state index contributed by atoms with van der Waals surface area (Å²) in [5, 5.41) is 10.3. The van der Waals surface area contributed by atoms with Crippen LogP contribution in [0.3, 0.4) is 0 Å². The van der Waals surface area contributed by atoms with Crippen LogP contribution in [0.2, 0.25) is 5.02 Å². The van der Waals surface area contributed by atoms with Gasteiger partial charge >= 0.3 is 0 Å². The van der Waals surface area contributed by atoms with Crippen molar-refractivity contribution in [3.05, 3.63) is 47.2 Å². The quantitative estimate of drug-likeness (QED) is 0.912. The monoisotopic (exact) mass is 334 g/mol. The Kier molecular flexibility index (Phi) is 5.07. The van der Waals surface area contributed by atoms with Crippen LogP contribution < -0.4 is 0 Å². The third-order valence-corrected chi connectivity index (χ3v) is 4.94. The molecule has 1 saturated heterocycles. The molecule has 3 rings (SSSR count). The molecule has 1 fully saturated rings. The lowest BCUT2D eigenvalue weighted by molar-refractivity contribution is 0.146. The maximum Gasteiger partial charge on any atom is 0.135 e. The fourth-order valence-corrected chi connectivity index (χ4v) is 3.41. The number of halogens is 1. The van der Waals surface area contributed by atoms with Crippen LogP contribution in [-0.4, -0.2) is 54.2 Å². The van der Waals surface area contributed by atoms with Crippen molar-refractivity contribution >= 4 is 11.6 Å². The van der Waals surface area contributed by atoms with E-state index in [1.165, 1.54) is 0 Å². The largest absolute Gasteiger partial charge is 0.460 e. The van der Waals surface area contributed by atoms with E-state index in [1.54, 1.807) is 0 Å². The molecule has 23 heavy (non-hydrogen) atoms.